The Morgan fingerprint density at radius 3 is 2.71 bits per heavy atom. The predicted molar refractivity (Wildman–Crippen MR) is 90.3 cm³/mol. The molecule has 1 saturated carbocycles. The fraction of sp³-hybridized carbons (Fsp3) is 0.632. The molecule has 3 rings (SSSR count). The number of rotatable bonds is 5. The average Bonchev–Trinajstić information content (AvgIpc) is 3.13. The first-order chi connectivity index (χ1) is 11.8. The monoisotopic (exact) mass is 327 g/mol. The van der Waals surface area contributed by atoms with Crippen molar-refractivity contribution < 1.29 is 9.53 Å². The molecule has 0 atom stereocenters. The number of nitriles is 1. The first kappa shape index (κ1) is 16.8. The minimum absolute atomic E-state index is 0.331. The molecule has 1 saturated heterocycles. The largest absolute Gasteiger partial charge is 0.476 e. The van der Waals surface area contributed by atoms with Crippen LogP contribution in [-0.4, -0.2) is 35.5 Å². The maximum absolute atomic E-state index is 12.4. The second kappa shape index (κ2) is 8.14. The van der Waals surface area contributed by atoms with E-state index in [1.807, 2.05) is 4.90 Å². The third-order valence-electron chi connectivity index (χ3n) is 5.25. The number of likely N-dealkylation sites (tertiary alicyclic amines) is 1. The van der Waals surface area contributed by atoms with Gasteiger partial charge in [0.2, 0.25) is 11.8 Å². The molecule has 2 fully saturated rings. The highest BCUT2D eigenvalue weighted by Crippen LogP contribution is 2.29. The van der Waals surface area contributed by atoms with E-state index in [-0.39, 0.29) is 0 Å². The van der Waals surface area contributed by atoms with Crippen molar-refractivity contribution in [2.75, 3.05) is 19.7 Å². The van der Waals surface area contributed by atoms with Gasteiger partial charge in [0, 0.05) is 25.7 Å². The molecule has 0 spiro atoms. The van der Waals surface area contributed by atoms with Gasteiger partial charge in [0.15, 0.2) is 0 Å². The highest BCUT2D eigenvalue weighted by atomic mass is 16.5. The molecule has 5 heteroatoms. The van der Waals surface area contributed by atoms with E-state index in [0.717, 1.165) is 32.4 Å². The number of carbonyl (C=O) groups is 1. The topological polar surface area (TPSA) is 66.2 Å². The molecular weight excluding hydrogens is 302 g/mol. The lowest BCUT2D eigenvalue weighted by atomic mass is 9.96. The van der Waals surface area contributed by atoms with E-state index in [2.05, 4.69) is 11.1 Å². The van der Waals surface area contributed by atoms with Crippen molar-refractivity contribution in [2.45, 2.75) is 44.9 Å². The van der Waals surface area contributed by atoms with Crippen molar-refractivity contribution >= 4 is 5.91 Å². The quantitative estimate of drug-likeness (QED) is 0.833. The number of carbonyl (C=O) groups excluding carboxylic acids is 1. The van der Waals surface area contributed by atoms with Gasteiger partial charge in [-0.15, -0.1) is 0 Å². The summed E-state index contributed by atoms with van der Waals surface area (Å²) in [7, 11) is 0. The first-order valence-electron chi connectivity index (χ1n) is 9.02. The maximum atomic E-state index is 12.4. The molecule has 5 nitrogen and oxygen atoms in total. The number of amides is 1. The molecule has 128 valence electrons. The van der Waals surface area contributed by atoms with E-state index < -0.39 is 0 Å². The van der Waals surface area contributed by atoms with Crippen molar-refractivity contribution in [3.8, 4) is 11.9 Å². The van der Waals surface area contributed by atoms with Crippen LogP contribution in [0, 0.1) is 23.2 Å². The Labute approximate surface area is 143 Å². The number of hydrogen-bond acceptors (Lipinski definition) is 4. The van der Waals surface area contributed by atoms with Crippen LogP contribution in [0.15, 0.2) is 18.3 Å². The number of nitrogens with zero attached hydrogens (tertiary/aromatic N) is 3. The Bertz CT molecular complexity index is 597. The van der Waals surface area contributed by atoms with Crippen molar-refractivity contribution in [3.05, 3.63) is 23.9 Å². The summed E-state index contributed by atoms with van der Waals surface area (Å²) >= 11 is 0. The van der Waals surface area contributed by atoms with Gasteiger partial charge in [-0.2, -0.15) is 5.26 Å². The Balaban J connectivity index is 1.42. The summed E-state index contributed by atoms with van der Waals surface area (Å²) in [5.41, 5.74) is 0.474. The zero-order valence-corrected chi connectivity index (χ0v) is 14.1. The van der Waals surface area contributed by atoms with Crippen LogP contribution >= 0.6 is 0 Å². The lowest BCUT2D eigenvalue weighted by Crippen LogP contribution is -2.40. The normalized spacial score (nSPS) is 19.2. The molecule has 0 radical (unpaired) electrons. The van der Waals surface area contributed by atoms with E-state index >= 15 is 0 Å². The van der Waals surface area contributed by atoms with Gasteiger partial charge in [0.25, 0.3) is 0 Å². The van der Waals surface area contributed by atoms with Crippen molar-refractivity contribution in [1.29, 1.82) is 5.26 Å². The van der Waals surface area contributed by atoms with Crippen molar-refractivity contribution in [2.24, 2.45) is 11.8 Å². The number of hydrogen-bond donors (Lipinski definition) is 0. The molecule has 0 unspecified atom stereocenters. The fourth-order valence-electron chi connectivity index (χ4n) is 3.73. The Hall–Kier alpha value is -2.09. The minimum atomic E-state index is 0.331. The molecule has 24 heavy (non-hydrogen) atoms. The Morgan fingerprint density at radius 2 is 2.00 bits per heavy atom. The molecule has 0 bridgehead atoms. The highest BCUT2D eigenvalue weighted by Gasteiger charge is 2.26. The van der Waals surface area contributed by atoms with E-state index in [1.54, 1.807) is 18.3 Å². The molecule has 1 aliphatic carbocycles. The van der Waals surface area contributed by atoms with E-state index in [0.29, 0.717) is 35.8 Å². The summed E-state index contributed by atoms with van der Waals surface area (Å²) in [4.78, 5) is 18.5. The van der Waals surface area contributed by atoms with Crippen molar-refractivity contribution in [1.82, 2.24) is 9.88 Å². The van der Waals surface area contributed by atoms with Crippen LogP contribution < -0.4 is 4.74 Å². The zero-order chi connectivity index (χ0) is 16.8. The van der Waals surface area contributed by atoms with Crippen LogP contribution in [0.5, 0.6) is 5.88 Å². The first-order valence-corrected chi connectivity index (χ1v) is 9.02. The molecule has 1 aromatic rings. The molecule has 0 aromatic carbocycles. The van der Waals surface area contributed by atoms with Gasteiger partial charge in [-0.25, -0.2) is 4.98 Å². The third-order valence-corrected chi connectivity index (χ3v) is 5.25. The van der Waals surface area contributed by atoms with Crippen LogP contribution in [0.2, 0.25) is 0 Å². The number of ether oxygens (including phenoxy) is 1. The van der Waals surface area contributed by atoms with Crippen LogP contribution in [0.1, 0.15) is 50.5 Å². The summed E-state index contributed by atoms with van der Waals surface area (Å²) in [6.45, 7) is 2.22. The molecule has 1 aliphatic heterocycles. The standard InChI is InChI=1S/C19H25N3O2/c20-13-17-6-3-9-21-19(17)24-14-16-7-10-22(11-8-16)18(23)12-15-4-1-2-5-15/h3,6,9,15-16H,1-2,4-5,7-8,10-12,14H2. The summed E-state index contributed by atoms with van der Waals surface area (Å²) in [5, 5.41) is 9.05. The van der Waals surface area contributed by atoms with Gasteiger partial charge >= 0.3 is 0 Å². The maximum Gasteiger partial charge on any atom is 0.231 e. The number of aromatic nitrogens is 1. The predicted octanol–water partition coefficient (Wildman–Crippen LogP) is 3.15. The number of piperidine rings is 1. The van der Waals surface area contributed by atoms with E-state index in [4.69, 9.17) is 10.00 Å². The van der Waals surface area contributed by atoms with Gasteiger partial charge in [0.1, 0.15) is 11.6 Å². The smallest absolute Gasteiger partial charge is 0.231 e. The Kier molecular flexibility index (Phi) is 5.68. The summed E-state index contributed by atoms with van der Waals surface area (Å²) in [6, 6.07) is 5.55. The number of pyridine rings is 1. The van der Waals surface area contributed by atoms with E-state index in [9.17, 15) is 4.79 Å². The van der Waals surface area contributed by atoms with Gasteiger partial charge in [-0.3, -0.25) is 4.79 Å². The molecule has 0 N–H and O–H groups in total. The second-order valence-electron chi connectivity index (χ2n) is 6.96. The summed E-state index contributed by atoms with van der Waals surface area (Å²) < 4.78 is 5.73. The lowest BCUT2D eigenvalue weighted by molar-refractivity contribution is -0.133. The van der Waals surface area contributed by atoms with E-state index in [1.165, 1.54) is 25.7 Å². The second-order valence-corrected chi connectivity index (χ2v) is 6.96. The lowest BCUT2D eigenvalue weighted by Gasteiger charge is -2.32. The van der Waals surface area contributed by atoms with Crippen LogP contribution in [0.3, 0.4) is 0 Å². The van der Waals surface area contributed by atoms with Gasteiger partial charge in [0.05, 0.1) is 6.61 Å². The highest BCUT2D eigenvalue weighted by molar-refractivity contribution is 5.76. The summed E-state index contributed by atoms with van der Waals surface area (Å²) in [6.07, 6.45) is 9.32. The Morgan fingerprint density at radius 1 is 1.25 bits per heavy atom. The SMILES string of the molecule is N#Cc1cccnc1OCC1CCN(C(=O)CC2CCCC2)CC1. The fourth-order valence-corrected chi connectivity index (χ4v) is 3.73. The third kappa shape index (κ3) is 4.25. The molecule has 2 heterocycles. The van der Waals surface area contributed by atoms with Gasteiger partial charge in [-0.05, 0) is 49.7 Å². The minimum Gasteiger partial charge on any atom is -0.476 e. The zero-order valence-electron chi connectivity index (χ0n) is 14.1. The van der Waals surface area contributed by atoms with Crippen LogP contribution in [-0.2, 0) is 4.79 Å². The molecule has 1 aromatic heterocycles. The summed E-state index contributed by atoms with van der Waals surface area (Å²) in [5.74, 6) is 1.79. The van der Waals surface area contributed by atoms with Crippen LogP contribution in [0.4, 0.5) is 0 Å². The average molecular weight is 327 g/mol. The van der Waals surface area contributed by atoms with Crippen molar-refractivity contribution in [3.63, 3.8) is 0 Å². The van der Waals surface area contributed by atoms with Gasteiger partial charge in [-0.1, -0.05) is 12.8 Å². The van der Waals surface area contributed by atoms with Crippen LogP contribution in [0.25, 0.3) is 0 Å². The molecular formula is C19H25N3O2. The van der Waals surface area contributed by atoms with Gasteiger partial charge < -0.3 is 9.64 Å². The molecule has 2 aliphatic rings. The molecule has 1 amide bonds.